The number of hydrogen-bond acceptors (Lipinski definition) is 4. The minimum atomic E-state index is -0.486. The van der Waals surface area contributed by atoms with Gasteiger partial charge in [-0.05, 0) is 49.2 Å². The van der Waals surface area contributed by atoms with E-state index in [-0.39, 0.29) is 11.4 Å². The smallest absolute Gasteiger partial charge is 0.258 e. The van der Waals surface area contributed by atoms with Gasteiger partial charge in [-0.2, -0.15) is 0 Å². The summed E-state index contributed by atoms with van der Waals surface area (Å²) in [5.41, 5.74) is 2.35. The monoisotopic (exact) mass is 271 g/mol. The lowest BCUT2D eigenvalue weighted by atomic mass is 9.96. The van der Waals surface area contributed by atoms with E-state index < -0.39 is 9.85 Å². The fourth-order valence-corrected chi connectivity index (χ4v) is 2.10. The van der Waals surface area contributed by atoms with Gasteiger partial charge in [0.15, 0.2) is 0 Å². The molecule has 1 radical (unpaired) electrons. The molecule has 0 spiro atoms. The molecule has 0 saturated carbocycles. The average molecular weight is 271 g/mol. The predicted molar refractivity (Wildman–Crippen MR) is 73.5 cm³/mol. The Morgan fingerprint density at radius 2 is 1.60 bits per heavy atom. The van der Waals surface area contributed by atoms with Crippen LogP contribution in [0.25, 0.3) is 11.1 Å². The number of non-ortho nitro benzene ring substituents is 1. The maximum Gasteiger partial charge on any atom is 0.276 e. The molecular formula is C14H11N2O4. The molecule has 2 aromatic rings. The second-order valence-corrected chi connectivity index (χ2v) is 4.36. The Kier molecular flexibility index (Phi) is 3.47. The third-order valence-electron chi connectivity index (χ3n) is 3.12. The molecule has 101 valence electrons. The summed E-state index contributed by atoms with van der Waals surface area (Å²) < 4.78 is 0. The topological polar surface area (TPSA) is 86.3 Å². The average Bonchev–Trinajstić information content (AvgIpc) is 2.38. The van der Waals surface area contributed by atoms with Crippen LogP contribution in [0.2, 0.25) is 0 Å². The van der Waals surface area contributed by atoms with Gasteiger partial charge in [0.2, 0.25) is 0 Å². The molecule has 0 N–H and O–H groups in total. The largest absolute Gasteiger partial charge is 0.276 e. The van der Waals surface area contributed by atoms with Gasteiger partial charge >= 0.3 is 0 Å². The molecule has 0 fully saturated rings. The Hall–Kier alpha value is -2.76. The van der Waals surface area contributed by atoms with Crippen LogP contribution in [0, 0.1) is 40.1 Å². The highest BCUT2D eigenvalue weighted by Crippen LogP contribution is 2.32. The highest BCUT2D eigenvalue weighted by molar-refractivity contribution is 5.73. The van der Waals surface area contributed by atoms with Crippen LogP contribution in [-0.4, -0.2) is 9.85 Å². The van der Waals surface area contributed by atoms with Crippen LogP contribution < -0.4 is 0 Å². The van der Waals surface area contributed by atoms with Gasteiger partial charge in [-0.1, -0.05) is 0 Å². The van der Waals surface area contributed by atoms with Crippen molar-refractivity contribution >= 4 is 11.4 Å². The summed E-state index contributed by atoms with van der Waals surface area (Å²) in [6.45, 7) is 3.29. The first-order valence-corrected chi connectivity index (χ1v) is 5.83. The van der Waals surface area contributed by atoms with E-state index in [0.717, 1.165) is 0 Å². The minimum Gasteiger partial charge on any atom is -0.258 e. The number of rotatable bonds is 3. The van der Waals surface area contributed by atoms with Crippen LogP contribution in [-0.2, 0) is 0 Å². The molecular weight excluding hydrogens is 260 g/mol. The van der Waals surface area contributed by atoms with E-state index in [9.17, 15) is 20.2 Å². The first-order valence-electron chi connectivity index (χ1n) is 5.83. The van der Waals surface area contributed by atoms with E-state index in [0.29, 0.717) is 22.3 Å². The van der Waals surface area contributed by atoms with Crippen LogP contribution in [0.1, 0.15) is 11.1 Å². The second-order valence-electron chi connectivity index (χ2n) is 4.36. The lowest BCUT2D eigenvalue weighted by Crippen LogP contribution is -1.97. The third-order valence-corrected chi connectivity index (χ3v) is 3.12. The Labute approximate surface area is 115 Å². The fourth-order valence-electron chi connectivity index (χ4n) is 2.10. The van der Waals surface area contributed by atoms with E-state index in [4.69, 9.17) is 0 Å². The van der Waals surface area contributed by atoms with Gasteiger partial charge in [-0.25, -0.2) is 0 Å². The van der Waals surface area contributed by atoms with Crippen molar-refractivity contribution in [1.29, 1.82) is 0 Å². The molecule has 2 rings (SSSR count). The predicted octanol–water partition coefficient (Wildman–Crippen LogP) is 3.59. The summed E-state index contributed by atoms with van der Waals surface area (Å²) >= 11 is 0. The molecule has 0 unspecified atom stereocenters. The van der Waals surface area contributed by atoms with E-state index in [1.807, 2.05) is 0 Å². The van der Waals surface area contributed by atoms with Gasteiger partial charge in [0, 0.05) is 23.3 Å². The molecule has 2 aromatic carbocycles. The number of nitro groups is 2. The van der Waals surface area contributed by atoms with Crippen LogP contribution in [0.4, 0.5) is 11.4 Å². The summed E-state index contributed by atoms with van der Waals surface area (Å²) in [5, 5.41) is 21.7. The van der Waals surface area contributed by atoms with Gasteiger partial charge < -0.3 is 0 Å². The molecule has 20 heavy (non-hydrogen) atoms. The van der Waals surface area contributed by atoms with Crippen molar-refractivity contribution in [3.05, 3.63) is 67.8 Å². The van der Waals surface area contributed by atoms with Crippen molar-refractivity contribution < 1.29 is 9.85 Å². The molecule has 0 aliphatic carbocycles. The zero-order valence-corrected chi connectivity index (χ0v) is 10.9. The molecule has 0 atom stereocenters. The zero-order valence-electron chi connectivity index (χ0n) is 10.9. The molecule has 6 nitrogen and oxygen atoms in total. The molecule has 6 heteroatoms. The summed E-state index contributed by atoms with van der Waals surface area (Å²) in [6.07, 6.45) is 0. The van der Waals surface area contributed by atoms with E-state index in [1.54, 1.807) is 32.0 Å². The van der Waals surface area contributed by atoms with Gasteiger partial charge in [0.25, 0.3) is 11.4 Å². The summed E-state index contributed by atoms with van der Waals surface area (Å²) in [7, 11) is 0. The number of nitrogens with zero attached hydrogens (tertiary/aromatic N) is 2. The maximum atomic E-state index is 11.1. The normalized spacial score (nSPS) is 10.3. The quantitative estimate of drug-likeness (QED) is 0.630. The van der Waals surface area contributed by atoms with Crippen LogP contribution >= 0.6 is 0 Å². The molecule has 0 aromatic heterocycles. The first-order chi connectivity index (χ1) is 9.41. The molecule has 0 aliphatic heterocycles. The number of hydrogen-bond donors (Lipinski definition) is 0. The lowest BCUT2D eigenvalue weighted by molar-refractivity contribution is -0.386. The molecule has 0 amide bonds. The van der Waals surface area contributed by atoms with Gasteiger partial charge in [0.05, 0.1) is 9.85 Å². The third kappa shape index (κ3) is 2.35. The molecule has 0 saturated heterocycles. The minimum absolute atomic E-state index is 0.0167. The molecule has 0 heterocycles. The van der Waals surface area contributed by atoms with Crippen LogP contribution in [0.15, 0.2) is 30.3 Å². The Balaban J connectivity index is 2.56. The van der Waals surface area contributed by atoms with Gasteiger partial charge in [-0.15, -0.1) is 0 Å². The molecule has 0 aliphatic rings. The van der Waals surface area contributed by atoms with Crippen molar-refractivity contribution in [2.24, 2.45) is 0 Å². The van der Waals surface area contributed by atoms with Gasteiger partial charge in [-0.3, -0.25) is 20.2 Å². The maximum absolute atomic E-state index is 11.1. The Bertz CT molecular complexity index is 693. The standard InChI is InChI=1S/C14H11N2O4/c1-9-3-8-13(10(2)14(9)16(19)20)11-4-6-12(7-5-11)15(17)18/h4-8H,1-2H3. The van der Waals surface area contributed by atoms with Crippen molar-refractivity contribution in [2.75, 3.05) is 0 Å². The summed E-state index contributed by atoms with van der Waals surface area (Å²) in [5.74, 6) is 0. The van der Waals surface area contributed by atoms with E-state index >= 15 is 0 Å². The van der Waals surface area contributed by atoms with Crippen LogP contribution in [0.3, 0.4) is 0 Å². The van der Waals surface area contributed by atoms with E-state index in [1.165, 1.54) is 12.1 Å². The number of nitro benzene ring substituents is 2. The van der Waals surface area contributed by atoms with Crippen LogP contribution in [0.5, 0.6) is 0 Å². The number of aryl methyl sites for hydroxylation is 1. The number of benzene rings is 2. The Morgan fingerprint density at radius 3 is 2.10 bits per heavy atom. The lowest BCUT2D eigenvalue weighted by Gasteiger charge is -2.08. The van der Waals surface area contributed by atoms with Crippen molar-refractivity contribution in [1.82, 2.24) is 0 Å². The van der Waals surface area contributed by atoms with Crippen molar-refractivity contribution in [3.63, 3.8) is 0 Å². The first kappa shape index (κ1) is 13.7. The second kappa shape index (κ2) is 5.08. The van der Waals surface area contributed by atoms with Crippen molar-refractivity contribution in [2.45, 2.75) is 13.8 Å². The summed E-state index contributed by atoms with van der Waals surface area (Å²) in [4.78, 5) is 20.8. The molecule has 0 bridgehead atoms. The highest BCUT2D eigenvalue weighted by atomic mass is 16.6. The van der Waals surface area contributed by atoms with Gasteiger partial charge in [0.1, 0.15) is 0 Å². The van der Waals surface area contributed by atoms with E-state index in [2.05, 4.69) is 6.07 Å². The Morgan fingerprint density at radius 1 is 1.00 bits per heavy atom. The fraction of sp³-hybridized carbons (Fsp3) is 0.143. The van der Waals surface area contributed by atoms with Crippen molar-refractivity contribution in [3.8, 4) is 11.1 Å². The highest BCUT2D eigenvalue weighted by Gasteiger charge is 2.18. The summed E-state index contributed by atoms with van der Waals surface area (Å²) in [6, 6.07) is 10.4. The SMILES string of the molecule is Cc1[c]cc(-c2ccc([N+](=O)[O-])cc2)c(C)c1[N+](=O)[O-]. The zero-order chi connectivity index (χ0) is 14.9.